The number of halogens is 1. The van der Waals surface area contributed by atoms with E-state index < -0.39 is 5.54 Å². The van der Waals surface area contributed by atoms with Crippen LogP contribution in [0.15, 0.2) is 24.3 Å². The fraction of sp³-hybridized carbons (Fsp3) is 0.500. The van der Waals surface area contributed by atoms with Crippen LogP contribution in [0.25, 0.3) is 0 Å². The van der Waals surface area contributed by atoms with Crippen LogP contribution in [0.5, 0.6) is 0 Å². The van der Waals surface area contributed by atoms with Crippen LogP contribution in [0.2, 0.25) is 5.02 Å². The first-order valence-electron chi connectivity index (χ1n) is 7.25. The van der Waals surface area contributed by atoms with Gasteiger partial charge in [-0.1, -0.05) is 23.7 Å². The van der Waals surface area contributed by atoms with Crippen LogP contribution in [0, 0.1) is 17.2 Å². The maximum atomic E-state index is 12.0. The molecule has 0 radical (unpaired) electrons. The highest BCUT2D eigenvalue weighted by Gasteiger charge is 2.43. The van der Waals surface area contributed by atoms with Gasteiger partial charge in [-0.25, -0.2) is 0 Å². The first kappa shape index (κ1) is 15.8. The Labute approximate surface area is 130 Å². The van der Waals surface area contributed by atoms with Gasteiger partial charge in [0, 0.05) is 10.6 Å². The molecule has 1 amide bonds. The third kappa shape index (κ3) is 4.20. The largest absolute Gasteiger partial charge is 0.333 e. The monoisotopic (exact) mass is 306 g/mol. The van der Waals surface area contributed by atoms with Gasteiger partial charge >= 0.3 is 0 Å². The summed E-state index contributed by atoms with van der Waals surface area (Å²) in [5, 5.41) is 14.8. The van der Waals surface area contributed by atoms with E-state index in [1.54, 1.807) is 0 Å². The molecular formula is C16H21ClN3O+. The molecule has 0 aliphatic heterocycles. The van der Waals surface area contributed by atoms with Gasteiger partial charge in [0.15, 0.2) is 6.54 Å². The number of nitrogens with zero attached hydrogens (tertiary/aromatic N) is 1. The molecule has 2 rings (SSSR count). The van der Waals surface area contributed by atoms with Gasteiger partial charge in [-0.15, -0.1) is 0 Å². The molecule has 1 saturated carbocycles. The van der Waals surface area contributed by atoms with Crippen molar-refractivity contribution in [1.29, 1.82) is 5.26 Å². The highest BCUT2D eigenvalue weighted by molar-refractivity contribution is 6.30. The average molecular weight is 307 g/mol. The van der Waals surface area contributed by atoms with E-state index in [1.807, 2.05) is 43.4 Å². The Hall–Kier alpha value is -1.57. The van der Waals surface area contributed by atoms with Gasteiger partial charge in [0.1, 0.15) is 11.6 Å². The molecule has 1 aromatic rings. The fourth-order valence-electron chi connectivity index (χ4n) is 2.41. The number of nitriles is 1. The lowest BCUT2D eigenvalue weighted by molar-refractivity contribution is -0.682. The molecule has 5 heteroatoms. The number of benzene rings is 1. The molecule has 1 fully saturated rings. The predicted octanol–water partition coefficient (Wildman–Crippen LogP) is 1.77. The maximum absolute atomic E-state index is 12.0. The number of quaternary nitrogens is 1. The number of hydrogen-bond donors (Lipinski definition) is 2. The highest BCUT2D eigenvalue weighted by atomic mass is 35.5. The summed E-state index contributed by atoms with van der Waals surface area (Å²) in [5.74, 6) is 0.215. The topological polar surface area (TPSA) is 69.5 Å². The molecule has 4 nitrogen and oxygen atoms in total. The van der Waals surface area contributed by atoms with E-state index in [2.05, 4.69) is 11.4 Å². The van der Waals surface area contributed by atoms with Crippen LogP contribution in [-0.4, -0.2) is 18.0 Å². The molecule has 21 heavy (non-hydrogen) atoms. The minimum atomic E-state index is -0.714. The van der Waals surface area contributed by atoms with Gasteiger partial charge in [0.05, 0.1) is 6.07 Å². The Morgan fingerprint density at radius 3 is 2.67 bits per heavy atom. The van der Waals surface area contributed by atoms with Crippen molar-refractivity contribution in [2.24, 2.45) is 5.92 Å². The number of rotatable bonds is 6. The summed E-state index contributed by atoms with van der Waals surface area (Å²) >= 11 is 5.86. The Morgan fingerprint density at radius 1 is 1.52 bits per heavy atom. The van der Waals surface area contributed by atoms with E-state index in [1.165, 1.54) is 0 Å². The van der Waals surface area contributed by atoms with Crippen molar-refractivity contribution in [3.8, 4) is 6.07 Å². The van der Waals surface area contributed by atoms with Crippen molar-refractivity contribution < 1.29 is 10.1 Å². The first-order valence-corrected chi connectivity index (χ1v) is 7.63. The van der Waals surface area contributed by atoms with E-state index in [0.29, 0.717) is 17.5 Å². The molecule has 0 unspecified atom stereocenters. The number of carbonyl (C=O) groups is 1. The molecular weight excluding hydrogens is 286 g/mol. The summed E-state index contributed by atoms with van der Waals surface area (Å²) in [5.41, 5.74) is 0.409. The van der Waals surface area contributed by atoms with Gasteiger partial charge in [0.25, 0.3) is 5.91 Å². The van der Waals surface area contributed by atoms with E-state index in [4.69, 9.17) is 11.6 Å². The lowest BCUT2D eigenvalue weighted by atomic mass is 9.98. The van der Waals surface area contributed by atoms with Crippen molar-refractivity contribution in [2.75, 3.05) is 6.54 Å². The number of carbonyl (C=O) groups excluding carboxylic acids is 1. The Morgan fingerprint density at radius 2 is 2.14 bits per heavy atom. The van der Waals surface area contributed by atoms with E-state index in [0.717, 1.165) is 18.4 Å². The minimum absolute atomic E-state index is 0.0910. The molecule has 2 atom stereocenters. The zero-order chi connectivity index (χ0) is 15.5. The highest BCUT2D eigenvalue weighted by Crippen LogP contribution is 2.39. The summed E-state index contributed by atoms with van der Waals surface area (Å²) in [7, 11) is 0. The number of amides is 1. The second kappa shape index (κ2) is 6.46. The van der Waals surface area contributed by atoms with E-state index in [9.17, 15) is 10.1 Å². The van der Waals surface area contributed by atoms with Crippen molar-refractivity contribution in [3.63, 3.8) is 0 Å². The molecule has 0 heterocycles. The summed E-state index contributed by atoms with van der Waals surface area (Å²) in [6, 6.07) is 10.0. The lowest BCUT2D eigenvalue weighted by Gasteiger charge is -2.22. The zero-order valence-corrected chi connectivity index (χ0v) is 13.2. The van der Waals surface area contributed by atoms with Crippen molar-refractivity contribution in [1.82, 2.24) is 5.32 Å². The normalized spacial score (nSPS) is 18.4. The third-order valence-corrected chi connectivity index (χ3v) is 4.33. The standard InChI is InChI=1S/C16H20ClN3O/c1-11(12-3-7-14(17)8-4-12)19-9-15(21)20-16(2,10-18)13-5-6-13/h3-4,7-8,11,13,19H,5-6,9H2,1-2H3,(H,20,21)/p+1/t11-,16-/m1/s1. The maximum Gasteiger partial charge on any atom is 0.276 e. The molecule has 1 aliphatic carbocycles. The second-order valence-electron chi connectivity index (χ2n) is 5.92. The zero-order valence-electron chi connectivity index (χ0n) is 12.4. The predicted molar refractivity (Wildman–Crippen MR) is 81.5 cm³/mol. The van der Waals surface area contributed by atoms with E-state index >= 15 is 0 Å². The van der Waals surface area contributed by atoms with E-state index in [-0.39, 0.29) is 11.9 Å². The molecule has 1 aromatic carbocycles. The van der Waals surface area contributed by atoms with Gasteiger partial charge in [0.2, 0.25) is 0 Å². The summed E-state index contributed by atoms with van der Waals surface area (Å²) in [4.78, 5) is 12.0. The summed E-state index contributed by atoms with van der Waals surface area (Å²) < 4.78 is 0. The van der Waals surface area contributed by atoms with Crippen LogP contribution < -0.4 is 10.6 Å². The summed E-state index contributed by atoms with van der Waals surface area (Å²) in [6.07, 6.45) is 2.05. The lowest BCUT2D eigenvalue weighted by Crippen LogP contribution is -2.87. The molecule has 112 valence electrons. The molecule has 0 saturated heterocycles. The molecule has 0 spiro atoms. The smallest absolute Gasteiger partial charge is 0.276 e. The van der Waals surface area contributed by atoms with Crippen molar-refractivity contribution >= 4 is 17.5 Å². The van der Waals surface area contributed by atoms with Gasteiger partial charge in [-0.2, -0.15) is 5.26 Å². The van der Waals surface area contributed by atoms with Crippen molar-refractivity contribution in [2.45, 2.75) is 38.3 Å². The van der Waals surface area contributed by atoms with Crippen molar-refractivity contribution in [3.05, 3.63) is 34.9 Å². The van der Waals surface area contributed by atoms with Gasteiger partial charge < -0.3 is 10.6 Å². The number of hydrogen-bond acceptors (Lipinski definition) is 2. The Kier molecular flexibility index (Phi) is 4.87. The average Bonchev–Trinajstić information content (AvgIpc) is 3.30. The molecule has 3 N–H and O–H groups in total. The van der Waals surface area contributed by atoms with Crippen LogP contribution in [-0.2, 0) is 4.79 Å². The van der Waals surface area contributed by atoms with Crippen LogP contribution in [0.3, 0.4) is 0 Å². The van der Waals surface area contributed by atoms with Crippen LogP contribution in [0.4, 0.5) is 0 Å². The number of nitrogens with two attached hydrogens (primary N) is 1. The minimum Gasteiger partial charge on any atom is -0.333 e. The van der Waals surface area contributed by atoms with Crippen LogP contribution in [0.1, 0.15) is 38.3 Å². The van der Waals surface area contributed by atoms with Gasteiger partial charge in [-0.05, 0) is 44.7 Å². The first-order chi connectivity index (χ1) is 9.94. The molecule has 1 aliphatic rings. The Balaban J connectivity index is 1.83. The molecule has 0 bridgehead atoms. The second-order valence-corrected chi connectivity index (χ2v) is 6.35. The fourth-order valence-corrected chi connectivity index (χ4v) is 2.53. The quantitative estimate of drug-likeness (QED) is 0.841. The number of nitrogens with one attached hydrogen (secondary N) is 1. The Bertz CT molecular complexity index is 548. The van der Waals surface area contributed by atoms with Crippen LogP contribution >= 0.6 is 11.6 Å². The SMILES string of the molecule is C[C@@H]([NH2+]CC(=O)N[C@](C)(C#N)C1CC1)c1ccc(Cl)cc1. The third-order valence-electron chi connectivity index (χ3n) is 4.08. The molecule has 0 aromatic heterocycles. The van der Waals surface area contributed by atoms with Gasteiger partial charge in [-0.3, -0.25) is 4.79 Å². The summed E-state index contributed by atoms with van der Waals surface area (Å²) in [6.45, 7) is 4.17.